The second-order valence-electron chi connectivity index (χ2n) is 4.60. The van der Waals surface area contributed by atoms with Gasteiger partial charge in [0, 0.05) is 6.54 Å². The molecule has 1 aromatic rings. The van der Waals surface area contributed by atoms with Gasteiger partial charge in [-0.2, -0.15) is 4.98 Å². The molecule has 0 saturated carbocycles. The standard InChI is InChI=1S/C12H15ClN4O4/c1-3-7-9(17(19)20)10(15-12(13)14-7)16-6-4-5-8(16)11(18)21-2/h8H,3-6H2,1-2H3. The molecule has 1 unspecified atom stereocenters. The van der Waals surface area contributed by atoms with E-state index in [1.807, 2.05) is 0 Å². The number of carbonyl (C=O) groups is 1. The van der Waals surface area contributed by atoms with E-state index >= 15 is 0 Å². The molecule has 0 aromatic carbocycles. The number of esters is 1. The van der Waals surface area contributed by atoms with Crippen LogP contribution < -0.4 is 4.90 Å². The van der Waals surface area contributed by atoms with Crippen molar-refractivity contribution in [1.29, 1.82) is 0 Å². The zero-order valence-corrected chi connectivity index (χ0v) is 12.5. The summed E-state index contributed by atoms with van der Waals surface area (Å²) < 4.78 is 4.75. The van der Waals surface area contributed by atoms with Gasteiger partial charge in [0.05, 0.1) is 12.0 Å². The van der Waals surface area contributed by atoms with E-state index in [0.29, 0.717) is 19.4 Å². The fourth-order valence-corrected chi connectivity index (χ4v) is 2.68. The van der Waals surface area contributed by atoms with Gasteiger partial charge in [-0.3, -0.25) is 10.1 Å². The zero-order chi connectivity index (χ0) is 15.6. The highest BCUT2D eigenvalue weighted by molar-refractivity contribution is 6.28. The van der Waals surface area contributed by atoms with Crippen LogP contribution in [0.25, 0.3) is 0 Å². The number of methoxy groups -OCH3 is 1. The molecule has 2 rings (SSSR count). The number of halogens is 1. The lowest BCUT2D eigenvalue weighted by Crippen LogP contribution is -2.38. The van der Waals surface area contributed by atoms with Crippen molar-refractivity contribution < 1.29 is 14.5 Å². The van der Waals surface area contributed by atoms with Crippen LogP contribution >= 0.6 is 11.6 Å². The van der Waals surface area contributed by atoms with Crippen LogP contribution in [-0.2, 0) is 16.0 Å². The molecule has 0 bridgehead atoms. The van der Waals surface area contributed by atoms with Crippen molar-refractivity contribution in [2.75, 3.05) is 18.6 Å². The third-order valence-electron chi connectivity index (χ3n) is 3.43. The maximum absolute atomic E-state index is 11.8. The Balaban J connectivity index is 2.54. The number of nitrogens with zero attached hydrogens (tertiary/aromatic N) is 4. The largest absolute Gasteiger partial charge is 0.467 e. The fraction of sp³-hybridized carbons (Fsp3) is 0.583. The first-order valence-electron chi connectivity index (χ1n) is 6.54. The van der Waals surface area contributed by atoms with Gasteiger partial charge in [0.2, 0.25) is 11.1 Å². The minimum Gasteiger partial charge on any atom is -0.467 e. The molecule has 1 aromatic heterocycles. The van der Waals surface area contributed by atoms with Crippen molar-refractivity contribution >= 4 is 29.1 Å². The van der Waals surface area contributed by atoms with Crippen molar-refractivity contribution in [3.8, 4) is 0 Å². The summed E-state index contributed by atoms with van der Waals surface area (Å²) >= 11 is 5.86. The highest BCUT2D eigenvalue weighted by atomic mass is 35.5. The molecule has 2 heterocycles. The highest BCUT2D eigenvalue weighted by Gasteiger charge is 2.37. The Morgan fingerprint density at radius 2 is 2.29 bits per heavy atom. The van der Waals surface area contributed by atoms with Gasteiger partial charge in [0.15, 0.2) is 0 Å². The molecule has 1 saturated heterocycles. The average Bonchev–Trinajstić information content (AvgIpc) is 2.94. The van der Waals surface area contributed by atoms with Crippen LogP contribution in [0.1, 0.15) is 25.5 Å². The minimum absolute atomic E-state index is 0.0667. The molecule has 9 heteroatoms. The number of nitro groups is 1. The third kappa shape index (κ3) is 2.90. The normalized spacial score (nSPS) is 17.9. The maximum Gasteiger partial charge on any atom is 0.332 e. The summed E-state index contributed by atoms with van der Waals surface area (Å²) in [5, 5.41) is 11.3. The molecule has 1 fully saturated rings. The predicted octanol–water partition coefficient (Wildman–Crippen LogP) is 1.74. The van der Waals surface area contributed by atoms with Crippen molar-refractivity contribution in [2.45, 2.75) is 32.2 Å². The Morgan fingerprint density at radius 3 is 2.86 bits per heavy atom. The maximum atomic E-state index is 11.8. The van der Waals surface area contributed by atoms with Gasteiger partial charge < -0.3 is 9.64 Å². The number of aryl methyl sites for hydroxylation is 1. The van der Waals surface area contributed by atoms with E-state index in [9.17, 15) is 14.9 Å². The number of rotatable bonds is 4. The van der Waals surface area contributed by atoms with Crippen LogP contribution in [0.4, 0.5) is 11.5 Å². The molecule has 0 aliphatic carbocycles. The average molecular weight is 315 g/mol. The molecule has 8 nitrogen and oxygen atoms in total. The predicted molar refractivity (Wildman–Crippen MR) is 75.5 cm³/mol. The summed E-state index contributed by atoms with van der Waals surface area (Å²) in [4.78, 5) is 32.1. The molecule has 0 amide bonds. The summed E-state index contributed by atoms with van der Waals surface area (Å²) in [6.45, 7) is 2.23. The summed E-state index contributed by atoms with van der Waals surface area (Å²) in [5.74, 6) is -0.348. The molecular formula is C12H15ClN4O4. The molecular weight excluding hydrogens is 300 g/mol. The van der Waals surface area contributed by atoms with Crippen LogP contribution in [0, 0.1) is 10.1 Å². The van der Waals surface area contributed by atoms with Gasteiger partial charge in [-0.15, -0.1) is 0 Å². The Hall–Kier alpha value is -1.96. The van der Waals surface area contributed by atoms with Gasteiger partial charge in [0.25, 0.3) is 0 Å². The smallest absolute Gasteiger partial charge is 0.332 e. The highest BCUT2D eigenvalue weighted by Crippen LogP contribution is 2.35. The molecule has 0 N–H and O–H groups in total. The topological polar surface area (TPSA) is 98.5 Å². The molecule has 21 heavy (non-hydrogen) atoms. The van der Waals surface area contributed by atoms with E-state index in [2.05, 4.69) is 9.97 Å². The number of anilines is 1. The summed E-state index contributed by atoms with van der Waals surface area (Å²) in [5.41, 5.74) is 0.0585. The lowest BCUT2D eigenvalue weighted by Gasteiger charge is -2.23. The van der Waals surface area contributed by atoms with Crippen LogP contribution in [0.5, 0.6) is 0 Å². The van der Waals surface area contributed by atoms with Gasteiger partial charge in [-0.1, -0.05) is 6.92 Å². The number of carbonyl (C=O) groups excluding carboxylic acids is 1. The molecule has 0 radical (unpaired) electrons. The van der Waals surface area contributed by atoms with Crippen LogP contribution in [-0.4, -0.2) is 40.6 Å². The van der Waals surface area contributed by atoms with Gasteiger partial charge in [0.1, 0.15) is 11.7 Å². The van der Waals surface area contributed by atoms with Crippen LogP contribution in [0.3, 0.4) is 0 Å². The van der Waals surface area contributed by atoms with Gasteiger partial charge >= 0.3 is 11.7 Å². The van der Waals surface area contributed by atoms with E-state index in [-0.39, 0.29) is 22.5 Å². The third-order valence-corrected chi connectivity index (χ3v) is 3.60. The Bertz CT molecular complexity index is 581. The second kappa shape index (κ2) is 6.21. The van der Waals surface area contributed by atoms with E-state index in [4.69, 9.17) is 16.3 Å². The number of hydrogen-bond acceptors (Lipinski definition) is 7. The molecule has 0 spiro atoms. The Labute approximate surface area is 126 Å². The van der Waals surface area contributed by atoms with Crippen molar-refractivity contribution in [3.05, 3.63) is 21.1 Å². The van der Waals surface area contributed by atoms with E-state index < -0.39 is 16.9 Å². The van der Waals surface area contributed by atoms with Crippen LogP contribution in [0.15, 0.2) is 0 Å². The van der Waals surface area contributed by atoms with E-state index in [1.165, 1.54) is 7.11 Å². The molecule has 1 aliphatic heterocycles. The summed E-state index contributed by atoms with van der Waals surface area (Å²) in [6, 6.07) is -0.579. The van der Waals surface area contributed by atoms with E-state index in [1.54, 1.807) is 11.8 Å². The minimum atomic E-state index is -0.579. The lowest BCUT2D eigenvalue weighted by molar-refractivity contribution is -0.385. The molecule has 114 valence electrons. The summed E-state index contributed by atoms with van der Waals surface area (Å²) in [6.07, 6.45) is 1.63. The van der Waals surface area contributed by atoms with Crippen molar-refractivity contribution in [2.24, 2.45) is 0 Å². The molecule has 1 aliphatic rings. The summed E-state index contributed by atoms with van der Waals surface area (Å²) in [7, 11) is 1.29. The fourth-order valence-electron chi connectivity index (χ4n) is 2.49. The van der Waals surface area contributed by atoms with Crippen LogP contribution in [0.2, 0.25) is 5.28 Å². The Morgan fingerprint density at radius 1 is 1.57 bits per heavy atom. The number of aromatic nitrogens is 2. The van der Waals surface area contributed by atoms with Gasteiger partial charge in [-0.25, -0.2) is 9.78 Å². The van der Waals surface area contributed by atoms with Crippen molar-refractivity contribution in [1.82, 2.24) is 9.97 Å². The number of ether oxygens (including phenoxy) is 1. The Kier molecular flexibility index (Phi) is 4.56. The second-order valence-corrected chi connectivity index (χ2v) is 4.93. The molecule has 1 atom stereocenters. The van der Waals surface area contributed by atoms with Gasteiger partial charge in [-0.05, 0) is 30.9 Å². The first-order chi connectivity index (χ1) is 9.99. The first-order valence-corrected chi connectivity index (χ1v) is 6.92. The van der Waals surface area contributed by atoms with E-state index in [0.717, 1.165) is 6.42 Å². The zero-order valence-electron chi connectivity index (χ0n) is 11.7. The quantitative estimate of drug-likeness (QED) is 0.361. The lowest BCUT2D eigenvalue weighted by atomic mass is 10.2. The monoisotopic (exact) mass is 314 g/mol. The first kappa shape index (κ1) is 15.4. The van der Waals surface area contributed by atoms with Crippen molar-refractivity contribution in [3.63, 3.8) is 0 Å². The number of hydrogen-bond donors (Lipinski definition) is 0. The SMILES string of the molecule is CCc1nc(Cl)nc(N2CCCC2C(=O)OC)c1[N+](=O)[O-].